The quantitative estimate of drug-likeness (QED) is 0.173. The summed E-state index contributed by atoms with van der Waals surface area (Å²) in [5.41, 5.74) is 1.91. The van der Waals surface area contributed by atoms with Crippen LogP contribution in [0.1, 0.15) is 105 Å². The summed E-state index contributed by atoms with van der Waals surface area (Å²) in [5, 5.41) is 20.4. The molecule has 0 aliphatic heterocycles. The number of urea groups is 1. The van der Waals surface area contributed by atoms with Crippen LogP contribution in [0.15, 0.2) is 54.9 Å². The first-order valence-electron chi connectivity index (χ1n) is 20.1. The van der Waals surface area contributed by atoms with Gasteiger partial charge in [-0.05, 0) is 42.9 Å². The number of rotatable bonds is 9. The molecular weight excluding hydrogens is 755 g/mol. The predicted molar refractivity (Wildman–Crippen MR) is 238 cm³/mol. The molecule has 1 aliphatic carbocycles. The van der Waals surface area contributed by atoms with Gasteiger partial charge in [0.15, 0.2) is 0 Å². The third-order valence-corrected chi connectivity index (χ3v) is 7.46. The zero-order valence-corrected chi connectivity index (χ0v) is 38.1. The maximum absolute atomic E-state index is 11.1. The van der Waals surface area contributed by atoms with Crippen molar-refractivity contribution < 1.29 is 33.6 Å². The van der Waals surface area contributed by atoms with Gasteiger partial charge in [0, 0.05) is 105 Å². The van der Waals surface area contributed by atoms with Crippen molar-refractivity contribution >= 4 is 47.2 Å². The molecule has 0 atom stereocenters. The number of aromatic nitrogens is 1. The first-order valence-corrected chi connectivity index (χ1v) is 20.1. The Morgan fingerprint density at radius 2 is 1.19 bits per heavy atom. The number of carbonyl (C=O) groups is 7. The third kappa shape index (κ3) is 45.0. The van der Waals surface area contributed by atoms with Crippen LogP contribution in [0.2, 0.25) is 0 Å². The molecule has 2 aromatic rings. The molecule has 336 valence electrons. The normalized spacial score (nSPS) is 10.8. The maximum Gasteiger partial charge on any atom is 0.314 e. The molecule has 0 spiro atoms. The molecule has 1 aliphatic rings. The highest BCUT2D eigenvalue weighted by Crippen LogP contribution is 2.23. The number of amides is 8. The number of carbonyl (C=O) groups excluding carboxylic acids is 7. The minimum Gasteiger partial charge on any atom is -0.359 e. The smallest absolute Gasteiger partial charge is 0.314 e. The van der Waals surface area contributed by atoms with Crippen molar-refractivity contribution in [3.63, 3.8) is 0 Å². The summed E-state index contributed by atoms with van der Waals surface area (Å²) in [7, 11) is 9.81. The Morgan fingerprint density at radius 1 is 0.661 bits per heavy atom. The average molecular weight is 832 g/mol. The lowest BCUT2D eigenvalue weighted by Gasteiger charge is -2.19. The van der Waals surface area contributed by atoms with Gasteiger partial charge in [0.2, 0.25) is 35.4 Å². The Morgan fingerprint density at radius 3 is 1.49 bits per heavy atom. The topological polar surface area (TPSA) is 229 Å². The van der Waals surface area contributed by atoms with Crippen LogP contribution < -0.4 is 42.5 Å². The monoisotopic (exact) mass is 832 g/mol. The SMILES string of the molecule is CC(=O)NCc1ccccc1.CC(=O)Nc1ccncc1.CCCC(=O)NC.CNC(=O)C(C)C.CNC(=O)C1CCCCC1.CNC(=O)CC(C)C.CNC(=O)NC. The van der Waals surface area contributed by atoms with Crippen molar-refractivity contribution in [1.29, 1.82) is 0 Å². The molecule has 1 saturated carbocycles. The highest BCUT2D eigenvalue weighted by Gasteiger charge is 2.19. The maximum atomic E-state index is 11.1. The molecule has 16 nitrogen and oxygen atoms in total. The number of benzene rings is 1. The van der Waals surface area contributed by atoms with E-state index < -0.39 is 0 Å². The van der Waals surface area contributed by atoms with Crippen molar-refractivity contribution in [1.82, 2.24) is 42.2 Å². The molecule has 1 heterocycles. The van der Waals surface area contributed by atoms with E-state index in [-0.39, 0.29) is 47.4 Å². The molecule has 0 unspecified atom stereocenters. The largest absolute Gasteiger partial charge is 0.359 e. The minimum atomic E-state index is -0.157. The molecule has 0 bridgehead atoms. The van der Waals surface area contributed by atoms with E-state index in [9.17, 15) is 33.6 Å². The van der Waals surface area contributed by atoms with E-state index in [1.807, 2.05) is 65.0 Å². The van der Waals surface area contributed by atoms with E-state index in [0.717, 1.165) is 30.5 Å². The lowest BCUT2D eigenvalue weighted by Crippen LogP contribution is -2.28. The second-order valence-electron chi connectivity index (χ2n) is 13.6. The first kappa shape index (κ1) is 60.1. The second-order valence-corrected chi connectivity index (χ2v) is 13.6. The minimum absolute atomic E-state index is 0.00820. The highest BCUT2D eigenvalue weighted by molar-refractivity contribution is 5.88. The van der Waals surface area contributed by atoms with Crippen molar-refractivity contribution in [3.05, 3.63) is 60.4 Å². The number of anilines is 1. The van der Waals surface area contributed by atoms with Crippen LogP contribution in [-0.2, 0) is 35.3 Å². The summed E-state index contributed by atoms with van der Waals surface area (Å²) in [6.07, 6.45) is 11.5. The number of nitrogens with zero attached hydrogens (tertiary/aromatic N) is 1. The van der Waals surface area contributed by atoms with Gasteiger partial charge in [-0.2, -0.15) is 0 Å². The van der Waals surface area contributed by atoms with E-state index in [1.54, 1.807) is 66.8 Å². The van der Waals surface area contributed by atoms with Crippen LogP contribution in [0.4, 0.5) is 10.5 Å². The molecule has 1 aromatic heterocycles. The highest BCUT2D eigenvalue weighted by atomic mass is 16.2. The third-order valence-electron chi connectivity index (χ3n) is 7.46. The van der Waals surface area contributed by atoms with Gasteiger partial charge in [-0.1, -0.05) is 84.2 Å². The molecule has 16 heteroatoms. The Balaban J connectivity index is -0.000000302. The molecule has 1 aromatic carbocycles. The van der Waals surface area contributed by atoms with Crippen molar-refractivity contribution in [2.45, 2.75) is 106 Å². The molecule has 8 N–H and O–H groups in total. The summed E-state index contributed by atoms with van der Waals surface area (Å²) in [6.45, 7) is 13.4. The summed E-state index contributed by atoms with van der Waals surface area (Å²) < 4.78 is 0. The zero-order chi connectivity index (χ0) is 46.0. The molecular formula is C43H77N9O7. The van der Waals surface area contributed by atoms with Crippen LogP contribution in [0.5, 0.6) is 0 Å². The lowest BCUT2D eigenvalue weighted by atomic mass is 9.89. The van der Waals surface area contributed by atoms with E-state index >= 15 is 0 Å². The summed E-state index contributed by atoms with van der Waals surface area (Å²) in [5.74, 6) is 1.43. The Bertz CT molecular complexity index is 1380. The zero-order valence-electron chi connectivity index (χ0n) is 38.1. The van der Waals surface area contributed by atoms with Gasteiger partial charge >= 0.3 is 6.03 Å². The Labute approximate surface area is 354 Å². The number of nitrogens with one attached hydrogen (secondary N) is 8. The van der Waals surface area contributed by atoms with Crippen LogP contribution in [0.3, 0.4) is 0 Å². The molecule has 59 heavy (non-hydrogen) atoms. The number of pyridine rings is 1. The average Bonchev–Trinajstić information content (AvgIpc) is 3.24. The molecule has 8 amide bonds. The van der Waals surface area contributed by atoms with Gasteiger partial charge in [-0.3, -0.25) is 33.8 Å². The van der Waals surface area contributed by atoms with Crippen molar-refractivity contribution in [2.24, 2.45) is 17.8 Å². The van der Waals surface area contributed by atoms with Crippen LogP contribution in [0, 0.1) is 17.8 Å². The van der Waals surface area contributed by atoms with Crippen LogP contribution in [-0.4, -0.2) is 88.7 Å². The first-order chi connectivity index (χ1) is 27.9. The molecule has 1 fully saturated rings. The summed E-state index contributed by atoms with van der Waals surface area (Å²) >= 11 is 0. The molecule has 0 radical (unpaired) electrons. The van der Waals surface area contributed by atoms with Crippen molar-refractivity contribution in [3.8, 4) is 0 Å². The molecule has 3 rings (SSSR count). The Kier molecular flexibility index (Phi) is 42.9. The predicted octanol–water partition coefficient (Wildman–Crippen LogP) is 4.92. The van der Waals surface area contributed by atoms with Gasteiger partial charge in [-0.15, -0.1) is 0 Å². The Hall–Kier alpha value is -5.54. The van der Waals surface area contributed by atoms with Gasteiger partial charge in [0.1, 0.15) is 0 Å². The summed E-state index contributed by atoms with van der Waals surface area (Å²) in [4.78, 5) is 77.0. The van der Waals surface area contributed by atoms with E-state index in [1.165, 1.54) is 33.1 Å². The fourth-order valence-electron chi connectivity index (χ4n) is 4.27. The van der Waals surface area contributed by atoms with E-state index in [0.29, 0.717) is 31.2 Å². The van der Waals surface area contributed by atoms with E-state index in [2.05, 4.69) is 47.5 Å². The fraction of sp³-hybridized carbons (Fsp3) is 0.581. The lowest BCUT2D eigenvalue weighted by molar-refractivity contribution is -0.125. The van der Waals surface area contributed by atoms with Gasteiger partial charge in [-0.25, -0.2) is 4.79 Å². The van der Waals surface area contributed by atoms with Crippen LogP contribution in [0.25, 0.3) is 0 Å². The van der Waals surface area contributed by atoms with Crippen molar-refractivity contribution in [2.75, 3.05) is 47.6 Å². The van der Waals surface area contributed by atoms with E-state index in [4.69, 9.17) is 0 Å². The number of hydrogen-bond donors (Lipinski definition) is 8. The van der Waals surface area contributed by atoms with Gasteiger partial charge < -0.3 is 42.5 Å². The van der Waals surface area contributed by atoms with Gasteiger partial charge in [0.25, 0.3) is 0 Å². The van der Waals surface area contributed by atoms with Crippen LogP contribution >= 0.6 is 0 Å². The number of hydrogen-bond acceptors (Lipinski definition) is 8. The second kappa shape index (κ2) is 42.1. The van der Waals surface area contributed by atoms with Gasteiger partial charge in [0.05, 0.1) is 0 Å². The summed E-state index contributed by atoms with van der Waals surface area (Å²) in [6, 6.07) is 13.1. The standard InChI is InChI=1S/C9H11NO.C8H15NO.C7H8N2O.C6H13NO.2C5H11NO.C3H8N2O/c1-8(11)10-7-9-5-3-2-4-6-9;1-9-8(10)7-5-3-2-4-6-7;1-6(10)9-7-2-4-8-5-3-7;1-5(2)4-6(8)7-3;1-4(2)5(7)6-3;1-3-4-5(7)6-2;1-4-3(6)5-2/h2-6H,7H2,1H3,(H,10,11);7H,2-6H2,1H3,(H,9,10);2-5H,1H3,(H,8,9,10);5H,4H2,1-3H3,(H,7,8);4H,1-3H3,(H,6,7);3-4H2,1-2H3,(H,6,7);1-2H3,(H2,4,5,6). The molecule has 0 saturated heterocycles. The fourth-order valence-corrected chi connectivity index (χ4v) is 4.27.